The number of hydrogen-bond donors (Lipinski definition) is 1. The zero-order valence-electron chi connectivity index (χ0n) is 5.18. The Hall–Kier alpha value is 0.0700. The minimum absolute atomic E-state index is 0.0547. The van der Waals surface area contributed by atoms with E-state index in [-0.39, 0.29) is 6.54 Å². The van der Waals surface area contributed by atoms with Crippen LogP contribution in [0, 0.1) is 0 Å². The van der Waals surface area contributed by atoms with Crippen LogP contribution < -0.4 is 5.73 Å². The van der Waals surface area contributed by atoms with Gasteiger partial charge in [-0.2, -0.15) is 0 Å². The van der Waals surface area contributed by atoms with E-state index in [0.29, 0.717) is 4.88 Å². The topological polar surface area (TPSA) is 26.0 Å². The summed E-state index contributed by atoms with van der Waals surface area (Å²) in [4.78, 5) is 0.683. The van der Waals surface area contributed by atoms with Gasteiger partial charge < -0.3 is 5.73 Å². The molecule has 0 aliphatic carbocycles. The quantitative estimate of drug-likeness (QED) is 0.820. The molecule has 4 heteroatoms. The fraction of sp³-hybridized carbons (Fsp3) is 0.333. The monoisotopic (exact) mass is 223 g/mol. The van der Waals surface area contributed by atoms with Gasteiger partial charge in [0.05, 0.1) is 4.88 Å². The van der Waals surface area contributed by atoms with E-state index >= 15 is 0 Å². The molecular weight excluding hydrogens is 217 g/mol. The van der Waals surface area contributed by atoms with E-state index < -0.39 is 6.17 Å². The number of halogens is 2. The van der Waals surface area contributed by atoms with Crippen molar-refractivity contribution >= 4 is 27.3 Å². The molecule has 1 heterocycles. The molecule has 0 bridgehead atoms. The van der Waals surface area contributed by atoms with E-state index in [1.165, 1.54) is 11.3 Å². The van der Waals surface area contributed by atoms with Crippen LogP contribution in [-0.4, -0.2) is 6.54 Å². The second-order valence-electron chi connectivity index (χ2n) is 1.84. The standard InChI is InChI=1S/C6H7BrFNS/c7-4-1-2-10-6(4)5(8)3-9/h1-2,5H,3,9H2. The first-order valence-electron chi connectivity index (χ1n) is 2.82. The zero-order valence-corrected chi connectivity index (χ0v) is 7.58. The van der Waals surface area contributed by atoms with Gasteiger partial charge in [0, 0.05) is 11.0 Å². The third-order valence-electron chi connectivity index (χ3n) is 1.14. The molecule has 56 valence electrons. The van der Waals surface area contributed by atoms with Crippen LogP contribution in [0.15, 0.2) is 15.9 Å². The Morgan fingerprint density at radius 2 is 2.50 bits per heavy atom. The summed E-state index contributed by atoms with van der Waals surface area (Å²) in [5, 5.41) is 1.83. The molecule has 0 saturated carbocycles. The summed E-state index contributed by atoms with van der Waals surface area (Å²) < 4.78 is 13.6. The van der Waals surface area contributed by atoms with Crippen molar-refractivity contribution in [3.8, 4) is 0 Å². The van der Waals surface area contributed by atoms with E-state index in [9.17, 15) is 4.39 Å². The second kappa shape index (κ2) is 3.46. The zero-order chi connectivity index (χ0) is 7.56. The highest BCUT2D eigenvalue weighted by Crippen LogP contribution is 2.30. The van der Waals surface area contributed by atoms with Gasteiger partial charge in [0.1, 0.15) is 6.17 Å². The van der Waals surface area contributed by atoms with Crippen LogP contribution in [-0.2, 0) is 0 Å². The molecule has 2 N–H and O–H groups in total. The molecule has 1 aromatic rings. The van der Waals surface area contributed by atoms with Crippen molar-refractivity contribution in [2.45, 2.75) is 6.17 Å². The Morgan fingerprint density at radius 3 is 2.90 bits per heavy atom. The first-order valence-corrected chi connectivity index (χ1v) is 4.50. The van der Waals surface area contributed by atoms with E-state index in [0.717, 1.165) is 4.47 Å². The van der Waals surface area contributed by atoms with Gasteiger partial charge in [0.15, 0.2) is 0 Å². The predicted molar refractivity (Wildman–Crippen MR) is 44.9 cm³/mol. The maximum Gasteiger partial charge on any atom is 0.147 e. The summed E-state index contributed by atoms with van der Waals surface area (Å²) >= 11 is 4.60. The molecule has 0 aromatic carbocycles. The molecule has 1 unspecified atom stereocenters. The van der Waals surface area contributed by atoms with Gasteiger partial charge >= 0.3 is 0 Å². The number of rotatable bonds is 2. The molecule has 0 radical (unpaired) electrons. The average molecular weight is 224 g/mol. The number of alkyl halides is 1. The highest BCUT2D eigenvalue weighted by Gasteiger charge is 2.11. The first kappa shape index (κ1) is 8.17. The van der Waals surface area contributed by atoms with Crippen LogP contribution in [0.2, 0.25) is 0 Å². The molecule has 0 amide bonds. The molecule has 1 atom stereocenters. The third kappa shape index (κ3) is 1.56. The lowest BCUT2D eigenvalue weighted by atomic mass is 10.3. The van der Waals surface area contributed by atoms with Crippen LogP contribution in [0.25, 0.3) is 0 Å². The third-order valence-corrected chi connectivity index (χ3v) is 3.09. The fourth-order valence-electron chi connectivity index (χ4n) is 0.636. The fourth-order valence-corrected chi connectivity index (χ4v) is 2.25. The van der Waals surface area contributed by atoms with Crippen molar-refractivity contribution in [1.82, 2.24) is 0 Å². The van der Waals surface area contributed by atoms with Crippen LogP contribution in [0.1, 0.15) is 11.0 Å². The minimum Gasteiger partial charge on any atom is -0.327 e. The highest BCUT2D eigenvalue weighted by molar-refractivity contribution is 9.10. The van der Waals surface area contributed by atoms with Crippen molar-refractivity contribution in [2.24, 2.45) is 5.73 Å². The van der Waals surface area contributed by atoms with Crippen molar-refractivity contribution < 1.29 is 4.39 Å². The summed E-state index contributed by atoms with van der Waals surface area (Å²) in [5.41, 5.74) is 5.14. The molecule has 1 nitrogen and oxygen atoms in total. The lowest BCUT2D eigenvalue weighted by Crippen LogP contribution is -2.06. The van der Waals surface area contributed by atoms with Crippen molar-refractivity contribution in [3.05, 3.63) is 20.8 Å². The molecule has 0 aliphatic heterocycles. The van der Waals surface area contributed by atoms with Gasteiger partial charge in [-0.1, -0.05) is 0 Å². The van der Waals surface area contributed by atoms with Gasteiger partial charge in [0.2, 0.25) is 0 Å². The molecule has 1 rings (SSSR count). The number of thiophene rings is 1. The van der Waals surface area contributed by atoms with E-state index in [4.69, 9.17) is 5.73 Å². The summed E-state index contributed by atoms with van der Waals surface area (Å²) in [6, 6.07) is 1.82. The summed E-state index contributed by atoms with van der Waals surface area (Å²) in [6.45, 7) is 0.0547. The van der Waals surface area contributed by atoms with Gasteiger partial charge in [-0.15, -0.1) is 11.3 Å². The van der Waals surface area contributed by atoms with Crippen molar-refractivity contribution in [3.63, 3.8) is 0 Å². The van der Waals surface area contributed by atoms with E-state index in [2.05, 4.69) is 15.9 Å². The maximum atomic E-state index is 12.8. The average Bonchev–Trinajstić information content (AvgIpc) is 2.34. The summed E-state index contributed by atoms with van der Waals surface area (Å²) in [6.07, 6.45) is -1.02. The minimum atomic E-state index is -1.02. The van der Waals surface area contributed by atoms with E-state index in [1.807, 2.05) is 11.4 Å². The Labute approximate surface area is 71.2 Å². The van der Waals surface area contributed by atoms with E-state index in [1.54, 1.807) is 0 Å². The lowest BCUT2D eigenvalue weighted by Gasteiger charge is -2.00. The normalized spacial score (nSPS) is 13.5. The number of hydrogen-bond acceptors (Lipinski definition) is 2. The van der Waals surface area contributed by atoms with Gasteiger partial charge in [-0.25, -0.2) is 4.39 Å². The van der Waals surface area contributed by atoms with Crippen LogP contribution >= 0.6 is 27.3 Å². The summed E-state index contributed by atoms with van der Waals surface area (Å²) in [7, 11) is 0. The molecular formula is C6H7BrFNS. The first-order chi connectivity index (χ1) is 4.75. The largest absolute Gasteiger partial charge is 0.327 e. The molecule has 0 fully saturated rings. The van der Waals surface area contributed by atoms with Gasteiger partial charge in [-0.3, -0.25) is 0 Å². The Morgan fingerprint density at radius 1 is 1.80 bits per heavy atom. The highest BCUT2D eigenvalue weighted by atomic mass is 79.9. The van der Waals surface area contributed by atoms with Gasteiger partial charge in [-0.05, 0) is 27.4 Å². The number of nitrogens with two attached hydrogens (primary N) is 1. The Balaban J connectivity index is 2.82. The Kier molecular flexibility index (Phi) is 2.82. The van der Waals surface area contributed by atoms with Crippen molar-refractivity contribution in [2.75, 3.05) is 6.54 Å². The molecule has 1 aromatic heterocycles. The van der Waals surface area contributed by atoms with Crippen LogP contribution in [0.4, 0.5) is 4.39 Å². The SMILES string of the molecule is NCC(F)c1sccc1Br. The second-order valence-corrected chi connectivity index (χ2v) is 3.64. The maximum absolute atomic E-state index is 12.8. The molecule has 0 aliphatic rings. The smallest absolute Gasteiger partial charge is 0.147 e. The molecule has 0 spiro atoms. The van der Waals surface area contributed by atoms with Gasteiger partial charge in [0.25, 0.3) is 0 Å². The molecule has 10 heavy (non-hydrogen) atoms. The Bertz CT molecular complexity index is 213. The summed E-state index contributed by atoms with van der Waals surface area (Å²) in [5.74, 6) is 0. The van der Waals surface area contributed by atoms with Crippen molar-refractivity contribution in [1.29, 1.82) is 0 Å². The van der Waals surface area contributed by atoms with Crippen LogP contribution in [0.3, 0.4) is 0 Å². The molecule has 0 saturated heterocycles. The predicted octanol–water partition coefficient (Wildman–Crippen LogP) is 2.48. The van der Waals surface area contributed by atoms with Crippen LogP contribution in [0.5, 0.6) is 0 Å². The lowest BCUT2D eigenvalue weighted by molar-refractivity contribution is 0.357.